The fraction of sp³-hybridized carbons (Fsp3) is 0.920. The van der Waals surface area contributed by atoms with Crippen molar-refractivity contribution in [2.24, 2.45) is 0 Å². The molecule has 12 nitrogen and oxygen atoms in total. The van der Waals surface area contributed by atoms with Crippen molar-refractivity contribution in [3.8, 4) is 0 Å². The van der Waals surface area contributed by atoms with Crippen LogP contribution in [0.1, 0.15) is 19.8 Å². The zero-order chi connectivity index (χ0) is 27.8. The molecule has 0 aromatic carbocycles. The predicted molar refractivity (Wildman–Crippen MR) is 147 cm³/mol. The Morgan fingerprint density at radius 1 is 0.368 bits per heavy atom. The van der Waals surface area contributed by atoms with E-state index in [0.717, 1.165) is 0 Å². The first-order valence-corrected chi connectivity index (χ1v) is 14.2. The van der Waals surface area contributed by atoms with Crippen molar-refractivity contribution in [1.29, 1.82) is 0 Å². The molecular formula is C25H47IO12. The summed E-state index contributed by atoms with van der Waals surface area (Å²) in [5.74, 6) is 0.125. The van der Waals surface area contributed by atoms with Gasteiger partial charge in [0.1, 0.15) is 5.78 Å². The van der Waals surface area contributed by atoms with Crippen LogP contribution in [0, 0.1) is 0 Å². The van der Waals surface area contributed by atoms with E-state index in [1.165, 1.54) is 0 Å². The molecule has 0 amide bonds. The van der Waals surface area contributed by atoms with Gasteiger partial charge < -0.3 is 47.4 Å². The number of ketones is 1. The molecule has 0 heterocycles. The molecule has 0 aliphatic rings. The second-order valence-electron chi connectivity index (χ2n) is 7.68. The number of hydrogen-bond donors (Lipinski definition) is 0. The van der Waals surface area contributed by atoms with Crippen molar-refractivity contribution in [3.63, 3.8) is 0 Å². The molecule has 0 bridgehead atoms. The minimum absolute atomic E-state index is 0.0949. The van der Waals surface area contributed by atoms with Crippen molar-refractivity contribution in [2.75, 3.05) is 132 Å². The summed E-state index contributed by atoms with van der Waals surface area (Å²) in [6, 6.07) is 0. The highest BCUT2D eigenvalue weighted by Gasteiger charge is 1.97. The molecular weight excluding hydrogens is 619 g/mol. The molecule has 0 unspecified atom stereocenters. The highest BCUT2D eigenvalue weighted by atomic mass is 127. The van der Waals surface area contributed by atoms with Crippen LogP contribution in [0.25, 0.3) is 0 Å². The Morgan fingerprint density at radius 3 is 0.737 bits per heavy atom. The lowest BCUT2D eigenvalue weighted by molar-refractivity contribution is -0.118. The largest absolute Gasteiger partial charge is 0.379 e. The number of halogens is 1. The quantitative estimate of drug-likeness (QED) is 0.0573. The molecule has 0 atom stereocenters. The third-order valence-corrected chi connectivity index (χ3v) is 4.93. The Hall–Kier alpha value is -0.330. The van der Waals surface area contributed by atoms with Crippen molar-refractivity contribution in [2.45, 2.75) is 19.8 Å². The van der Waals surface area contributed by atoms with Gasteiger partial charge in [0.25, 0.3) is 0 Å². The normalized spacial score (nSPS) is 11.3. The average molecular weight is 667 g/mol. The zero-order valence-electron chi connectivity index (χ0n) is 22.8. The molecule has 0 radical (unpaired) electrons. The van der Waals surface area contributed by atoms with Crippen LogP contribution in [0.5, 0.6) is 0 Å². The zero-order valence-corrected chi connectivity index (χ0v) is 25.0. The van der Waals surface area contributed by atoms with Crippen molar-refractivity contribution in [3.05, 3.63) is 0 Å². The van der Waals surface area contributed by atoms with Gasteiger partial charge in [-0.3, -0.25) is 9.59 Å². The summed E-state index contributed by atoms with van der Waals surface area (Å²) in [4.78, 5) is 21.5. The summed E-state index contributed by atoms with van der Waals surface area (Å²) < 4.78 is 53.9. The fourth-order valence-corrected chi connectivity index (χ4v) is 2.67. The van der Waals surface area contributed by atoms with Crippen molar-refractivity contribution >= 4 is 32.2 Å². The van der Waals surface area contributed by atoms with E-state index in [9.17, 15) is 9.59 Å². The summed E-state index contributed by atoms with van der Waals surface area (Å²) in [5, 5.41) is 0. The SMILES string of the molecule is CC(=O)CCOCCOCCOCCOCCOCCOCCOCCOCCOCCOCCC(=O)I. The molecule has 0 aromatic heterocycles. The second-order valence-corrected chi connectivity index (χ2v) is 8.88. The molecule has 0 saturated heterocycles. The maximum absolute atomic E-state index is 10.7. The molecule has 0 aliphatic carbocycles. The van der Waals surface area contributed by atoms with E-state index < -0.39 is 0 Å². The third kappa shape index (κ3) is 35.7. The van der Waals surface area contributed by atoms with Gasteiger partial charge in [0.15, 0.2) is 3.79 Å². The lowest BCUT2D eigenvalue weighted by Gasteiger charge is -2.09. The van der Waals surface area contributed by atoms with E-state index in [4.69, 9.17) is 47.4 Å². The van der Waals surface area contributed by atoms with Crippen LogP contribution in [-0.4, -0.2) is 142 Å². The topological polar surface area (TPSA) is 126 Å². The number of carbonyl (C=O) groups excluding carboxylic acids is 2. The molecule has 38 heavy (non-hydrogen) atoms. The number of ether oxygens (including phenoxy) is 10. The first kappa shape index (κ1) is 37.7. The third-order valence-electron chi connectivity index (χ3n) is 4.39. The highest BCUT2D eigenvalue weighted by Crippen LogP contribution is 1.93. The highest BCUT2D eigenvalue weighted by molar-refractivity contribution is 14.1. The Morgan fingerprint density at radius 2 is 0.553 bits per heavy atom. The summed E-state index contributed by atoms with van der Waals surface area (Å²) in [5.41, 5.74) is 0. The van der Waals surface area contributed by atoms with Gasteiger partial charge in [0.05, 0.1) is 132 Å². The van der Waals surface area contributed by atoms with E-state index in [1.54, 1.807) is 29.5 Å². The molecule has 13 heteroatoms. The van der Waals surface area contributed by atoms with Gasteiger partial charge in [-0.25, -0.2) is 0 Å². The van der Waals surface area contributed by atoms with Gasteiger partial charge >= 0.3 is 0 Å². The summed E-state index contributed by atoms with van der Waals surface area (Å²) >= 11 is 1.75. The number of carbonyl (C=O) groups is 2. The molecule has 0 N–H and O–H groups in total. The van der Waals surface area contributed by atoms with E-state index in [2.05, 4.69) is 0 Å². The molecule has 0 saturated carbocycles. The van der Waals surface area contributed by atoms with E-state index in [1.807, 2.05) is 0 Å². The van der Waals surface area contributed by atoms with E-state index >= 15 is 0 Å². The summed E-state index contributed by atoms with van der Waals surface area (Å²) in [6.07, 6.45) is 0.870. The van der Waals surface area contributed by atoms with Crippen LogP contribution in [0.2, 0.25) is 0 Å². The average Bonchev–Trinajstić information content (AvgIpc) is 2.89. The maximum atomic E-state index is 10.7. The lowest BCUT2D eigenvalue weighted by atomic mass is 10.3. The Kier molecular flexibility index (Phi) is 32.6. The van der Waals surface area contributed by atoms with Gasteiger partial charge in [0.2, 0.25) is 0 Å². The molecule has 0 aromatic rings. The van der Waals surface area contributed by atoms with Gasteiger partial charge in [-0.15, -0.1) is 0 Å². The Bertz CT molecular complexity index is 469. The smallest absolute Gasteiger partial charge is 0.194 e. The Balaban J connectivity index is 3.04. The van der Waals surface area contributed by atoms with Crippen molar-refractivity contribution in [1.82, 2.24) is 0 Å². The second kappa shape index (κ2) is 32.9. The number of rotatable bonds is 33. The summed E-state index contributed by atoms with van der Waals surface area (Å²) in [6.45, 7) is 11.3. The molecule has 0 spiro atoms. The lowest BCUT2D eigenvalue weighted by Crippen LogP contribution is -2.15. The first-order chi connectivity index (χ1) is 18.6. The van der Waals surface area contributed by atoms with Crippen LogP contribution in [0.4, 0.5) is 0 Å². The monoisotopic (exact) mass is 666 g/mol. The van der Waals surface area contributed by atoms with Gasteiger partial charge in [0, 0.05) is 12.8 Å². The van der Waals surface area contributed by atoms with Crippen LogP contribution in [0.15, 0.2) is 0 Å². The first-order valence-electron chi connectivity index (χ1n) is 13.1. The predicted octanol–water partition coefficient (Wildman–Crippen LogP) is 1.48. The molecule has 0 aliphatic heterocycles. The van der Waals surface area contributed by atoms with Gasteiger partial charge in [-0.2, -0.15) is 0 Å². The minimum Gasteiger partial charge on any atom is -0.379 e. The fourth-order valence-electron chi connectivity index (χ4n) is 2.45. The van der Waals surface area contributed by atoms with Gasteiger partial charge in [-0.1, -0.05) is 0 Å². The maximum Gasteiger partial charge on any atom is 0.194 e. The number of Topliss-reactive ketones (excluding diaryl/α,β-unsaturated/α-hetero) is 1. The molecule has 226 valence electrons. The molecule has 0 fully saturated rings. The van der Waals surface area contributed by atoms with Crippen LogP contribution in [0.3, 0.4) is 0 Å². The minimum atomic E-state index is 0.0949. The van der Waals surface area contributed by atoms with Crippen LogP contribution < -0.4 is 0 Å². The van der Waals surface area contributed by atoms with Gasteiger partial charge in [-0.05, 0) is 29.5 Å². The number of hydrogen-bond acceptors (Lipinski definition) is 12. The summed E-state index contributed by atoms with van der Waals surface area (Å²) in [7, 11) is 0. The van der Waals surface area contributed by atoms with E-state index in [0.29, 0.717) is 145 Å². The van der Waals surface area contributed by atoms with Crippen LogP contribution in [-0.2, 0) is 57.0 Å². The standard InChI is InChI=1S/C25H47IO12/c1-24(27)2-4-29-6-8-31-10-12-33-14-16-35-18-20-37-22-23-38-21-19-36-17-15-34-13-11-32-9-7-30-5-3-25(26)28/h2-23H2,1H3. The van der Waals surface area contributed by atoms with E-state index in [-0.39, 0.29) is 9.57 Å². The van der Waals surface area contributed by atoms with Crippen molar-refractivity contribution < 1.29 is 57.0 Å². The molecule has 0 rings (SSSR count). The Labute approximate surface area is 240 Å². The van der Waals surface area contributed by atoms with Crippen LogP contribution >= 0.6 is 22.6 Å².